The summed E-state index contributed by atoms with van der Waals surface area (Å²) in [5.74, 6) is 1.30. The van der Waals surface area contributed by atoms with Crippen molar-refractivity contribution in [1.82, 2.24) is 5.32 Å². The fourth-order valence-corrected chi connectivity index (χ4v) is 3.39. The van der Waals surface area contributed by atoms with Crippen molar-refractivity contribution in [1.29, 1.82) is 0 Å². The Balaban J connectivity index is 1.67. The third-order valence-electron chi connectivity index (χ3n) is 4.73. The third kappa shape index (κ3) is 3.81. The second-order valence-corrected chi connectivity index (χ2v) is 6.25. The highest BCUT2D eigenvalue weighted by Crippen LogP contribution is 2.28. The molecule has 0 aromatic carbocycles. The molecule has 120 valence electrons. The van der Waals surface area contributed by atoms with Gasteiger partial charge in [0.2, 0.25) is 0 Å². The summed E-state index contributed by atoms with van der Waals surface area (Å²) < 4.78 is 11.0. The molecule has 1 saturated carbocycles. The molecule has 0 amide bonds. The number of allylic oxidation sites excluding steroid dienone is 3. The van der Waals surface area contributed by atoms with E-state index in [0.717, 1.165) is 44.3 Å². The molecule has 0 bridgehead atoms. The topological polar surface area (TPSA) is 50.7 Å². The van der Waals surface area contributed by atoms with Crippen LogP contribution in [0.3, 0.4) is 0 Å². The first kappa shape index (κ1) is 15.4. The van der Waals surface area contributed by atoms with Gasteiger partial charge in [0, 0.05) is 12.6 Å². The predicted octanol–water partition coefficient (Wildman–Crippen LogP) is 3.13. The molecule has 0 radical (unpaired) electrons. The second-order valence-electron chi connectivity index (χ2n) is 6.25. The molecule has 1 fully saturated rings. The molecule has 3 aliphatic rings. The molecule has 4 heteroatoms. The van der Waals surface area contributed by atoms with Crippen LogP contribution in [-0.2, 0) is 9.47 Å². The molecule has 22 heavy (non-hydrogen) atoms. The Morgan fingerprint density at radius 2 is 2.09 bits per heavy atom. The zero-order chi connectivity index (χ0) is 15.2. The van der Waals surface area contributed by atoms with Crippen LogP contribution in [0.2, 0.25) is 0 Å². The average molecular weight is 303 g/mol. The minimum Gasteiger partial charge on any atom is -0.466 e. The maximum Gasteiger partial charge on any atom is 0.159 e. The van der Waals surface area contributed by atoms with E-state index in [4.69, 9.17) is 9.47 Å². The van der Waals surface area contributed by atoms with Crippen LogP contribution in [0.1, 0.15) is 38.5 Å². The van der Waals surface area contributed by atoms with E-state index in [2.05, 4.69) is 23.5 Å². The molecule has 0 spiro atoms. The fraction of sp³-hybridized carbons (Fsp3) is 0.556. The highest BCUT2D eigenvalue weighted by atomic mass is 16.5. The van der Waals surface area contributed by atoms with E-state index in [1.165, 1.54) is 5.57 Å². The highest BCUT2D eigenvalue weighted by molar-refractivity contribution is 5.29. The van der Waals surface area contributed by atoms with Crippen molar-refractivity contribution < 1.29 is 14.6 Å². The molecule has 1 unspecified atom stereocenters. The Hall–Kier alpha value is -1.52. The molecule has 3 rings (SSSR count). The van der Waals surface area contributed by atoms with Crippen molar-refractivity contribution >= 4 is 0 Å². The van der Waals surface area contributed by atoms with Crippen molar-refractivity contribution in [2.45, 2.75) is 50.6 Å². The van der Waals surface area contributed by atoms with Crippen molar-refractivity contribution in [3.05, 3.63) is 48.3 Å². The Bertz CT molecular complexity index is 485. The maximum atomic E-state index is 9.28. The van der Waals surface area contributed by atoms with Crippen LogP contribution < -0.4 is 5.32 Å². The molecule has 0 aromatic rings. The minimum atomic E-state index is 0.0746. The normalized spacial score (nSPS) is 29.1. The standard InChI is InChI=1S/C18H25NO3/c20-12-14-6-8-16(9-7-14)19-18(15-4-2-1-3-5-15)17-13-21-10-11-22-17/h1-2,4,10-11,13-14,16,18-20H,3,5-9,12H2. The van der Waals surface area contributed by atoms with Gasteiger partial charge in [-0.05, 0) is 50.0 Å². The van der Waals surface area contributed by atoms with Gasteiger partial charge >= 0.3 is 0 Å². The lowest BCUT2D eigenvalue weighted by Gasteiger charge is -2.33. The summed E-state index contributed by atoms with van der Waals surface area (Å²) in [6.07, 6.45) is 17.8. The van der Waals surface area contributed by atoms with Crippen LogP contribution in [0.5, 0.6) is 0 Å². The number of hydrogen-bond acceptors (Lipinski definition) is 4. The monoisotopic (exact) mass is 303 g/mol. The van der Waals surface area contributed by atoms with Gasteiger partial charge in [0.15, 0.2) is 5.76 Å². The van der Waals surface area contributed by atoms with Crippen LogP contribution in [0.25, 0.3) is 0 Å². The minimum absolute atomic E-state index is 0.0746. The van der Waals surface area contributed by atoms with Gasteiger partial charge in [0.1, 0.15) is 18.8 Å². The number of hydrogen-bond donors (Lipinski definition) is 2. The van der Waals surface area contributed by atoms with Crippen LogP contribution in [-0.4, -0.2) is 23.8 Å². The number of aliphatic hydroxyl groups excluding tert-OH is 1. The first-order valence-electron chi connectivity index (χ1n) is 8.26. The maximum absolute atomic E-state index is 9.28. The molecular weight excluding hydrogens is 278 g/mol. The predicted molar refractivity (Wildman–Crippen MR) is 85.6 cm³/mol. The zero-order valence-electron chi connectivity index (χ0n) is 12.9. The summed E-state index contributed by atoms with van der Waals surface area (Å²) >= 11 is 0. The lowest BCUT2D eigenvalue weighted by Crippen LogP contribution is -2.43. The molecule has 4 nitrogen and oxygen atoms in total. The van der Waals surface area contributed by atoms with Gasteiger partial charge < -0.3 is 19.9 Å². The number of aliphatic hydroxyl groups is 1. The lowest BCUT2D eigenvalue weighted by atomic mass is 9.85. The van der Waals surface area contributed by atoms with Crippen molar-refractivity contribution in [2.75, 3.05) is 6.61 Å². The van der Waals surface area contributed by atoms with Gasteiger partial charge in [-0.25, -0.2) is 0 Å². The van der Waals surface area contributed by atoms with Gasteiger partial charge in [0.05, 0.1) is 6.04 Å². The van der Waals surface area contributed by atoms with Crippen LogP contribution in [0.4, 0.5) is 0 Å². The Morgan fingerprint density at radius 1 is 1.23 bits per heavy atom. The molecular formula is C18H25NO3. The van der Waals surface area contributed by atoms with Gasteiger partial charge in [-0.15, -0.1) is 0 Å². The summed E-state index contributed by atoms with van der Waals surface area (Å²) in [4.78, 5) is 0. The van der Waals surface area contributed by atoms with E-state index < -0.39 is 0 Å². The van der Waals surface area contributed by atoms with Gasteiger partial charge in [-0.2, -0.15) is 0 Å². The van der Waals surface area contributed by atoms with Crippen LogP contribution >= 0.6 is 0 Å². The van der Waals surface area contributed by atoms with Crippen LogP contribution in [0.15, 0.2) is 48.3 Å². The molecule has 2 N–H and O–H groups in total. The van der Waals surface area contributed by atoms with Crippen molar-refractivity contribution in [2.24, 2.45) is 5.92 Å². The number of nitrogens with one attached hydrogen (secondary N) is 1. The van der Waals surface area contributed by atoms with E-state index in [-0.39, 0.29) is 6.04 Å². The Kier molecular flexibility index (Phi) is 5.35. The smallest absolute Gasteiger partial charge is 0.159 e. The van der Waals surface area contributed by atoms with Gasteiger partial charge in [-0.3, -0.25) is 0 Å². The van der Waals surface area contributed by atoms with Gasteiger partial charge in [0.25, 0.3) is 0 Å². The summed E-state index contributed by atoms with van der Waals surface area (Å²) in [6, 6.07) is 0.542. The summed E-state index contributed by atoms with van der Waals surface area (Å²) in [5, 5.41) is 13.0. The van der Waals surface area contributed by atoms with Crippen LogP contribution in [0, 0.1) is 5.92 Å². The SMILES string of the molecule is OCC1CCC(NC(C2=CC=CCC2)C2=COC=CO2)CC1. The molecule has 2 aliphatic carbocycles. The molecule has 1 aliphatic heterocycles. The van der Waals surface area contributed by atoms with E-state index in [9.17, 15) is 5.11 Å². The van der Waals surface area contributed by atoms with Crippen molar-refractivity contribution in [3.63, 3.8) is 0 Å². The molecule has 1 heterocycles. The largest absolute Gasteiger partial charge is 0.466 e. The lowest BCUT2D eigenvalue weighted by molar-refractivity contribution is 0.168. The zero-order valence-corrected chi connectivity index (χ0v) is 12.9. The molecule has 1 atom stereocenters. The summed E-state index contributed by atoms with van der Waals surface area (Å²) in [6.45, 7) is 0.318. The summed E-state index contributed by atoms with van der Waals surface area (Å²) in [5.41, 5.74) is 1.34. The summed E-state index contributed by atoms with van der Waals surface area (Å²) in [7, 11) is 0. The average Bonchev–Trinajstić information content (AvgIpc) is 2.62. The Morgan fingerprint density at radius 3 is 2.73 bits per heavy atom. The fourth-order valence-electron chi connectivity index (χ4n) is 3.39. The Labute approximate surface area is 132 Å². The number of ether oxygens (including phenoxy) is 2. The third-order valence-corrected chi connectivity index (χ3v) is 4.73. The van der Waals surface area contributed by atoms with Crippen molar-refractivity contribution in [3.8, 4) is 0 Å². The second kappa shape index (κ2) is 7.65. The quantitative estimate of drug-likeness (QED) is 0.819. The first-order valence-corrected chi connectivity index (χ1v) is 8.26. The van der Waals surface area contributed by atoms with E-state index in [0.29, 0.717) is 18.6 Å². The molecule has 0 saturated heterocycles. The van der Waals surface area contributed by atoms with E-state index in [1.807, 2.05) is 0 Å². The highest BCUT2D eigenvalue weighted by Gasteiger charge is 2.28. The van der Waals surface area contributed by atoms with E-state index in [1.54, 1.807) is 18.8 Å². The van der Waals surface area contributed by atoms with Gasteiger partial charge in [-0.1, -0.05) is 18.2 Å². The van der Waals surface area contributed by atoms with E-state index >= 15 is 0 Å². The number of rotatable bonds is 5. The molecule has 0 aromatic heterocycles. The first-order chi connectivity index (χ1) is 10.9.